The first kappa shape index (κ1) is 38.1. The number of nitrogens with zero attached hydrogens (tertiary/aromatic N) is 5. The summed E-state index contributed by atoms with van der Waals surface area (Å²) < 4.78 is 16.5. The number of rotatable bonds is 7. The molecule has 0 unspecified atom stereocenters. The van der Waals surface area contributed by atoms with Crippen LogP contribution in [0.25, 0.3) is 33.7 Å². The fourth-order valence-corrected chi connectivity index (χ4v) is 9.42. The number of benzene rings is 1. The van der Waals surface area contributed by atoms with Gasteiger partial charge in [0.1, 0.15) is 18.7 Å². The Labute approximate surface area is 321 Å². The zero-order chi connectivity index (χ0) is 38.5. The molecule has 7 rings (SSSR count). The Kier molecular flexibility index (Phi) is 10.7. The number of methoxy groups -OCH3 is 1. The molecule has 5 heterocycles. The molecule has 2 amide bonds. The number of esters is 1. The molecule has 288 valence electrons. The smallest absolute Gasteiger partial charge is 0.324 e. The van der Waals surface area contributed by atoms with Gasteiger partial charge in [-0.3, -0.25) is 24.4 Å². The second-order valence-corrected chi connectivity index (χ2v) is 17.3. The minimum atomic E-state index is -0.842. The molecule has 6 atom stereocenters. The minimum absolute atomic E-state index is 0.100. The number of carbonyl (C=O) groups is 3. The number of hydrogen-bond acceptors (Lipinski definition) is 9. The summed E-state index contributed by atoms with van der Waals surface area (Å²) in [6.45, 7) is 16.6. The highest BCUT2D eigenvalue weighted by molar-refractivity contribution is 7.10. The van der Waals surface area contributed by atoms with Crippen LogP contribution in [0.5, 0.6) is 0 Å². The Bertz CT molecular complexity index is 2060. The van der Waals surface area contributed by atoms with E-state index in [-0.39, 0.29) is 48.7 Å². The van der Waals surface area contributed by atoms with E-state index in [1.54, 1.807) is 13.3 Å². The van der Waals surface area contributed by atoms with Gasteiger partial charge in [-0.05, 0) is 74.8 Å². The molecular weight excluding hydrogens is 703 g/mol. The molecule has 12 nitrogen and oxygen atoms in total. The van der Waals surface area contributed by atoms with Crippen molar-refractivity contribution in [3.8, 4) is 22.6 Å². The third kappa shape index (κ3) is 7.29. The van der Waals surface area contributed by atoms with Gasteiger partial charge in [0.2, 0.25) is 5.91 Å². The van der Waals surface area contributed by atoms with Crippen molar-refractivity contribution in [2.75, 3.05) is 20.3 Å². The Morgan fingerprint density at radius 2 is 2.02 bits per heavy atom. The summed E-state index contributed by atoms with van der Waals surface area (Å²) in [5, 5.41) is 7.39. The topological polar surface area (TPSA) is 132 Å². The average molecular weight is 757 g/mol. The maximum atomic E-state index is 14.2. The van der Waals surface area contributed by atoms with E-state index in [0.717, 1.165) is 44.4 Å². The number of hydrazine groups is 1. The fraction of sp³-hybridized carbons (Fsp3) is 0.561. The number of cyclic esters (lactones) is 1. The Morgan fingerprint density at radius 3 is 2.74 bits per heavy atom. The normalized spacial score (nSPS) is 25.0. The van der Waals surface area contributed by atoms with Crippen LogP contribution in [0, 0.1) is 29.1 Å². The van der Waals surface area contributed by atoms with Crippen molar-refractivity contribution in [2.45, 2.75) is 99.0 Å². The summed E-state index contributed by atoms with van der Waals surface area (Å²) in [7, 11) is 1.69. The highest BCUT2D eigenvalue weighted by atomic mass is 32.1. The number of aryl methyl sites for hydroxylation is 1. The van der Waals surface area contributed by atoms with Gasteiger partial charge in [0, 0.05) is 48.5 Å². The molecule has 1 aromatic carbocycles. The number of hydrogen-bond donors (Lipinski definition) is 2. The summed E-state index contributed by atoms with van der Waals surface area (Å²) in [5.41, 5.74) is 8.32. The quantitative estimate of drug-likeness (QED) is 0.187. The second-order valence-electron chi connectivity index (χ2n) is 16.4. The standard InChI is InChI=1S/C41H53N7O5S/c1-9-46-31-15-14-26-18-32(31)47(38(46)27-12-10-16-42-36(27)25(5)52-8)21-41(6,7)22-53-40(51)28-13-11-17-48(45-28)39(50)29(19-33-43-30(26)20-54-33)44-37(49)35-24(4)34(35)23(2)3/h10,12,14-16,18,20,23-25,28-29,34-35,45H,9,11,13,17,19,21-22H2,1-8H3/p+1/t24-,25-,28-,29-,34+,35+/m0/s1. The van der Waals surface area contributed by atoms with Crippen LogP contribution in [0.2, 0.25) is 0 Å². The van der Waals surface area contributed by atoms with Crippen LogP contribution >= 0.6 is 11.3 Å². The lowest BCUT2D eigenvalue weighted by atomic mass is 9.94. The zero-order valence-electron chi connectivity index (χ0n) is 32.7. The second kappa shape index (κ2) is 15.1. The van der Waals surface area contributed by atoms with Gasteiger partial charge in [-0.1, -0.05) is 34.6 Å². The number of ether oxygens (including phenoxy) is 2. The molecule has 3 aliphatic rings. The fourth-order valence-electron chi connectivity index (χ4n) is 8.57. The van der Waals surface area contributed by atoms with Crippen LogP contribution in [0.4, 0.5) is 0 Å². The van der Waals surface area contributed by atoms with Crippen LogP contribution in [-0.4, -0.2) is 69.7 Å². The Hall–Kier alpha value is -4.20. The lowest BCUT2D eigenvalue weighted by Crippen LogP contribution is -2.60. The molecule has 6 bridgehead atoms. The lowest BCUT2D eigenvalue weighted by Gasteiger charge is -2.35. The summed E-state index contributed by atoms with van der Waals surface area (Å²) in [6.07, 6.45) is 2.97. The SMILES string of the molecule is CC[n+]1c(-c2cccnc2[C@H](C)OC)n2c3cc(ccc31)-c1csc(n1)C[C@H](NC(=O)[C@@H]1[C@@H](C)[C@H]1C(C)C)C(=O)N1CCC[C@H](N1)C(=O)OCC(C)(C)C2. The van der Waals surface area contributed by atoms with E-state index < -0.39 is 23.5 Å². The predicted octanol–water partition coefficient (Wildman–Crippen LogP) is 5.49. The van der Waals surface area contributed by atoms with Gasteiger partial charge in [-0.25, -0.2) is 19.5 Å². The van der Waals surface area contributed by atoms with Gasteiger partial charge >= 0.3 is 5.97 Å². The molecular formula is C41H54N7O5S+. The van der Waals surface area contributed by atoms with Crippen LogP contribution in [-0.2, 0) is 43.4 Å². The summed E-state index contributed by atoms with van der Waals surface area (Å²) >= 11 is 1.48. The van der Waals surface area contributed by atoms with Crippen molar-refractivity contribution < 1.29 is 28.4 Å². The largest absolute Gasteiger partial charge is 0.464 e. The Morgan fingerprint density at radius 1 is 1.22 bits per heavy atom. The third-order valence-electron chi connectivity index (χ3n) is 11.5. The van der Waals surface area contributed by atoms with Crippen LogP contribution in [0.15, 0.2) is 41.9 Å². The lowest BCUT2D eigenvalue weighted by molar-refractivity contribution is -0.657. The maximum Gasteiger partial charge on any atom is 0.324 e. The molecule has 1 saturated carbocycles. The molecule has 3 aromatic heterocycles. The van der Waals surface area contributed by atoms with Gasteiger partial charge in [0.05, 0.1) is 41.2 Å². The highest BCUT2D eigenvalue weighted by Crippen LogP contribution is 2.50. The number of thiazole rings is 1. The number of carbonyl (C=O) groups excluding carboxylic acids is 3. The molecule has 54 heavy (non-hydrogen) atoms. The summed E-state index contributed by atoms with van der Waals surface area (Å²) in [4.78, 5) is 51.4. The summed E-state index contributed by atoms with van der Waals surface area (Å²) in [6, 6.07) is 8.94. The molecule has 0 spiro atoms. The van der Waals surface area contributed by atoms with Gasteiger partial charge in [0.25, 0.3) is 11.7 Å². The first-order chi connectivity index (χ1) is 25.8. The summed E-state index contributed by atoms with van der Waals surface area (Å²) in [5.74, 6) is 1.02. The minimum Gasteiger partial charge on any atom is -0.464 e. The Balaban J connectivity index is 1.33. The number of amides is 2. The van der Waals surface area contributed by atoms with Gasteiger partial charge in [-0.15, -0.1) is 11.3 Å². The van der Waals surface area contributed by atoms with E-state index in [9.17, 15) is 14.4 Å². The van der Waals surface area contributed by atoms with Crippen molar-refractivity contribution in [1.29, 1.82) is 0 Å². The van der Waals surface area contributed by atoms with Crippen molar-refractivity contribution in [1.82, 2.24) is 30.3 Å². The van der Waals surface area contributed by atoms with E-state index in [0.29, 0.717) is 38.4 Å². The van der Waals surface area contributed by atoms with E-state index in [4.69, 9.17) is 19.4 Å². The first-order valence-corrected chi connectivity index (χ1v) is 20.2. The number of aromatic nitrogens is 4. The molecule has 2 aliphatic heterocycles. The number of fused-ring (bicyclic) bond motifs is 6. The average Bonchev–Trinajstić information content (AvgIpc) is 3.48. The highest BCUT2D eigenvalue weighted by Gasteiger charge is 2.53. The molecule has 2 N–H and O–H groups in total. The van der Waals surface area contributed by atoms with Crippen molar-refractivity contribution in [3.05, 3.63) is 52.6 Å². The molecule has 4 aromatic rings. The molecule has 0 radical (unpaired) electrons. The van der Waals surface area contributed by atoms with Crippen molar-refractivity contribution >= 4 is 40.2 Å². The van der Waals surface area contributed by atoms with Gasteiger partial charge < -0.3 is 14.8 Å². The van der Waals surface area contributed by atoms with E-state index in [1.807, 2.05) is 18.4 Å². The van der Waals surface area contributed by atoms with Crippen molar-refractivity contribution in [2.24, 2.45) is 29.1 Å². The molecule has 13 heteroatoms. The monoisotopic (exact) mass is 756 g/mol. The van der Waals surface area contributed by atoms with Crippen LogP contribution in [0.1, 0.15) is 78.1 Å². The van der Waals surface area contributed by atoms with E-state index >= 15 is 0 Å². The third-order valence-corrected chi connectivity index (χ3v) is 12.4. The predicted molar refractivity (Wildman–Crippen MR) is 207 cm³/mol. The van der Waals surface area contributed by atoms with Crippen LogP contribution < -0.4 is 15.3 Å². The zero-order valence-corrected chi connectivity index (χ0v) is 33.5. The number of imidazole rings is 1. The molecule has 1 saturated heterocycles. The van der Waals surface area contributed by atoms with Gasteiger partial charge in [-0.2, -0.15) is 0 Å². The van der Waals surface area contributed by atoms with Gasteiger partial charge in [0.15, 0.2) is 11.0 Å². The van der Waals surface area contributed by atoms with Crippen molar-refractivity contribution in [3.63, 3.8) is 0 Å². The molecule has 2 fully saturated rings. The number of pyridine rings is 1. The van der Waals surface area contributed by atoms with E-state index in [1.165, 1.54) is 16.3 Å². The van der Waals surface area contributed by atoms with Crippen LogP contribution in [0.3, 0.4) is 0 Å². The molecule has 1 aliphatic carbocycles. The first-order valence-electron chi connectivity index (χ1n) is 19.3. The maximum absolute atomic E-state index is 14.2. The number of nitrogens with one attached hydrogen (secondary N) is 2. The van der Waals surface area contributed by atoms with E-state index in [2.05, 4.69) is 85.7 Å².